The molecule has 1 aliphatic rings. The van der Waals surface area contributed by atoms with Crippen molar-refractivity contribution in [2.24, 2.45) is 0 Å². The third-order valence-corrected chi connectivity index (χ3v) is 3.04. The molecule has 0 amide bonds. The van der Waals surface area contributed by atoms with E-state index in [-0.39, 0.29) is 0 Å². The summed E-state index contributed by atoms with van der Waals surface area (Å²) in [5, 5.41) is 3.24. The third-order valence-electron chi connectivity index (χ3n) is 3.04. The highest BCUT2D eigenvalue weighted by molar-refractivity contribution is 5.57. The molecular formula is C12H14N4O. The van der Waals surface area contributed by atoms with Crippen molar-refractivity contribution >= 4 is 5.82 Å². The van der Waals surface area contributed by atoms with Gasteiger partial charge in [-0.1, -0.05) is 0 Å². The van der Waals surface area contributed by atoms with Crippen molar-refractivity contribution in [2.75, 3.05) is 25.0 Å². The topological polar surface area (TPSA) is 54.2 Å². The Balaban J connectivity index is 1.81. The molecule has 0 saturated carbocycles. The van der Waals surface area contributed by atoms with Gasteiger partial charge >= 0.3 is 0 Å². The standard InChI is InChI=1S/C12H14N4O/c1-13-9-6-16(7-9)12-5-10(14-8-15-12)11-3-2-4-17-11/h2-5,8-9,13H,6-7H2,1H3. The zero-order valence-electron chi connectivity index (χ0n) is 9.63. The van der Waals surface area contributed by atoms with Crippen LogP contribution < -0.4 is 10.2 Å². The normalized spacial score (nSPS) is 15.9. The molecule has 3 heterocycles. The maximum absolute atomic E-state index is 5.33. The van der Waals surface area contributed by atoms with Crippen LogP contribution in [0.3, 0.4) is 0 Å². The summed E-state index contributed by atoms with van der Waals surface area (Å²) in [5.74, 6) is 1.73. The molecule has 0 spiro atoms. The summed E-state index contributed by atoms with van der Waals surface area (Å²) in [4.78, 5) is 10.7. The van der Waals surface area contributed by atoms with Gasteiger partial charge in [0.05, 0.1) is 6.26 Å². The van der Waals surface area contributed by atoms with E-state index in [1.165, 1.54) is 0 Å². The fourth-order valence-electron chi connectivity index (χ4n) is 1.93. The molecule has 5 heteroatoms. The van der Waals surface area contributed by atoms with E-state index in [9.17, 15) is 0 Å². The Labute approximate surface area is 99.5 Å². The first-order valence-electron chi connectivity index (χ1n) is 5.65. The molecule has 88 valence electrons. The zero-order chi connectivity index (χ0) is 11.7. The summed E-state index contributed by atoms with van der Waals surface area (Å²) < 4.78 is 5.33. The van der Waals surface area contributed by atoms with Gasteiger partial charge in [0, 0.05) is 25.2 Å². The number of nitrogens with zero attached hydrogens (tertiary/aromatic N) is 3. The number of anilines is 1. The quantitative estimate of drug-likeness (QED) is 0.857. The summed E-state index contributed by atoms with van der Waals surface area (Å²) in [7, 11) is 1.98. The molecule has 17 heavy (non-hydrogen) atoms. The van der Waals surface area contributed by atoms with Crippen molar-refractivity contribution in [2.45, 2.75) is 6.04 Å². The van der Waals surface area contributed by atoms with Gasteiger partial charge in [0.2, 0.25) is 0 Å². The fraction of sp³-hybridized carbons (Fsp3) is 0.333. The van der Waals surface area contributed by atoms with E-state index < -0.39 is 0 Å². The van der Waals surface area contributed by atoms with Crippen molar-refractivity contribution in [1.29, 1.82) is 0 Å². The fourth-order valence-corrected chi connectivity index (χ4v) is 1.93. The van der Waals surface area contributed by atoms with Gasteiger partial charge in [0.25, 0.3) is 0 Å². The van der Waals surface area contributed by atoms with Crippen LogP contribution in [-0.4, -0.2) is 36.1 Å². The molecule has 5 nitrogen and oxygen atoms in total. The van der Waals surface area contributed by atoms with Crippen LogP contribution in [0.1, 0.15) is 0 Å². The molecule has 2 aromatic heterocycles. The molecule has 0 radical (unpaired) electrons. The Hall–Kier alpha value is -1.88. The Kier molecular flexibility index (Phi) is 2.53. The number of furan rings is 1. The van der Waals surface area contributed by atoms with Crippen LogP contribution in [0, 0.1) is 0 Å². The minimum Gasteiger partial charge on any atom is -0.463 e. The Morgan fingerprint density at radius 3 is 3.00 bits per heavy atom. The minimum absolute atomic E-state index is 0.567. The lowest BCUT2D eigenvalue weighted by atomic mass is 10.1. The Morgan fingerprint density at radius 1 is 1.41 bits per heavy atom. The second-order valence-corrected chi connectivity index (χ2v) is 4.13. The molecule has 1 fully saturated rings. The summed E-state index contributed by atoms with van der Waals surface area (Å²) in [6, 6.07) is 6.29. The van der Waals surface area contributed by atoms with Gasteiger partial charge in [-0.2, -0.15) is 0 Å². The third kappa shape index (κ3) is 1.89. The van der Waals surface area contributed by atoms with Crippen LogP contribution >= 0.6 is 0 Å². The molecule has 1 aliphatic heterocycles. The maximum atomic E-state index is 5.33. The number of rotatable bonds is 3. The van der Waals surface area contributed by atoms with Crippen LogP contribution in [0.5, 0.6) is 0 Å². The monoisotopic (exact) mass is 230 g/mol. The van der Waals surface area contributed by atoms with Gasteiger partial charge < -0.3 is 14.6 Å². The first kappa shape index (κ1) is 10.3. The second-order valence-electron chi connectivity index (χ2n) is 4.13. The predicted molar refractivity (Wildman–Crippen MR) is 64.8 cm³/mol. The van der Waals surface area contributed by atoms with Gasteiger partial charge in [0.1, 0.15) is 17.8 Å². The van der Waals surface area contributed by atoms with Crippen molar-refractivity contribution in [1.82, 2.24) is 15.3 Å². The van der Waals surface area contributed by atoms with E-state index in [0.717, 1.165) is 30.4 Å². The highest BCUT2D eigenvalue weighted by atomic mass is 16.3. The maximum Gasteiger partial charge on any atom is 0.152 e. The number of aromatic nitrogens is 2. The highest BCUT2D eigenvalue weighted by Crippen LogP contribution is 2.23. The first-order chi connectivity index (χ1) is 8.36. The number of nitrogens with one attached hydrogen (secondary N) is 1. The SMILES string of the molecule is CNC1CN(c2cc(-c3ccco3)ncn2)C1. The van der Waals surface area contributed by atoms with Gasteiger partial charge in [-0.3, -0.25) is 0 Å². The van der Waals surface area contributed by atoms with E-state index in [1.54, 1.807) is 12.6 Å². The summed E-state index contributed by atoms with van der Waals surface area (Å²) in [6.07, 6.45) is 3.23. The van der Waals surface area contributed by atoms with E-state index in [2.05, 4.69) is 20.2 Å². The molecule has 3 rings (SSSR count). The van der Waals surface area contributed by atoms with E-state index in [0.29, 0.717) is 6.04 Å². The van der Waals surface area contributed by atoms with Crippen LogP contribution in [0.2, 0.25) is 0 Å². The summed E-state index contributed by atoms with van der Waals surface area (Å²) in [5.41, 5.74) is 0.827. The lowest BCUT2D eigenvalue weighted by Gasteiger charge is -2.39. The molecule has 1 saturated heterocycles. The van der Waals surface area contributed by atoms with Crippen LogP contribution in [-0.2, 0) is 0 Å². The zero-order valence-corrected chi connectivity index (χ0v) is 9.63. The van der Waals surface area contributed by atoms with Gasteiger partial charge in [-0.15, -0.1) is 0 Å². The van der Waals surface area contributed by atoms with Crippen molar-refractivity contribution in [3.8, 4) is 11.5 Å². The molecule has 0 bridgehead atoms. The van der Waals surface area contributed by atoms with Crippen molar-refractivity contribution < 1.29 is 4.42 Å². The molecule has 0 aromatic carbocycles. The molecule has 2 aromatic rings. The van der Waals surface area contributed by atoms with Crippen molar-refractivity contribution in [3.63, 3.8) is 0 Å². The number of hydrogen-bond donors (Lipinski definition) is 1. The molecule has 0 unspecified atom stereocenters. The second kappa shape index (κ2) is 4.18. The first-order valence-corrected chi connectivity index (χ1v) is 5.65. The average Bonchev–Trinajstić information content (AvgIpc) is 2.81. The van der Waals surface area contributed by atoms with Crippen LogP contribution in [0.25, 0.3) is 11.5 Å². The lowest BCUT2D eigenvalue weighted by molar-refractivity contribution is 0.447. The summed E-state index contributed by atoms with van der Waals surface area (Å²) >= 11 is 0. The smallest absolute Gasteiger partial charge is 0.152 e. The minimum atomic E-state index is 0.567. The average molecular weight is 230 g/mol. The van der Waals surface area contributed by atoms with Crippen LogP contribution in [0.15, 0.2) is 35.2 Å². The number of likely N-dealkylation sites (N-methyl/N-ethyl adjacent to an activating group) is 1. The van der Waals surface area contributed by atoms with E-state index >= 15 is 0 Å². The molecule has 0 atom stereocenters. The highest BCUT2D eigenvalue weighted by Gasteiger charge is 2.26. The largest absolute Gasteiger partial charge is 0.463 e. The molecule has 1 N–H and O–H groups in total. The Morgan fingerprint density at radius 2 is 2.29 bits per heavy atom. The van der Waals surface area contributed by atoms with E-state index in [4.69, 9.17) is 4.42 Å². The number of hydrogen-bond acceptors (Lipinski definition) is 5. The summed E-state index contributed by atoms with van der Waals surface area (Å²) in [6.45, 7) is 1.98. The van der Waals surface area contributed by atoms with Gasteiger partial charge in [-0.05, 0) is 19.2 Å². The van der Waals surface area contributed by atoms with E-state index in [1.807, 2.05) is 25.2 Å². The Bertz CT molecular complexity index is 491. The van der Waals surface area contributed by atoms with Crippen LogP contribution in [0.4, 0.5) is 5.82 Å². The molecular weight excluding hydrogens is 216 g/mol. The van der Waals surface area contributed by atoms with Gasteiger partial charge in [-0.25, -0.2) is 9.97 Å². The predicted octanol–water partition coefficient (Wildman–Crippen LogP) is 1.14. The molecule has 0 aliphatic carbocycles. The van der Waals surface area contributed by atoms with Crippen molar-refractivity contribution in [3.05, 3.63) is 30.8 Å². The van der Waals surface area contributed by atoms with Gasteiger partial charge in [0.15, 0.2) is 5.76 Å². The lowest BCUT2D eigenvalue weighted by Crippen LogP contribution is -2.57.